The van der Waals surface area contributed by atoms with Gasteiger partial charge in [0.1, 0.15) is 5.82 Å². The van der Waals surface area contributed by atoms with E-state index in [9.17, 15) is 9.18 Å². The van der Waals surface area contributed by atoms with Crippen molar-refractivity contribution in [1.29, 1.82) is 0 Å². The van der Waals surface area contributed by atoms with E-state index < -0.39 is 0 Å². The van der Waals surface area contributed by atoms with Gasteiger partial charge in [0.25, 0.3) is 0 Å². The largest absolute Gasteiger partial charge is 0.342 e. The van der Waals surface area contributed by atoms with Crippen molar-refractivity contribution < 1.29 is 9.18 Å². The van der Waals surface area contributed by atoms with Gasteiger partial charge in [0.05, 0.1) is 5.92 Å². The molecule has 2 saturated heterocycles. The van der Waals surface area contributed by atoms with Gasteiger partial charge in [-0.1, -0.05) is 25.0 Å². The van der Waals surface area contributed by atoms with E-state index in [4.69, 9.17) is 0 Å². The third-order valence-corrected chi connectivity index (χ3v) is 5.07. The lowest BCUT2D eigenvalue weighted by Gasteiger charge is -2.34. The van der Waals surface area contributed by atoms with Gasteiger partial charge in [0, 0.05) is 26.2 Å². The van der Waals surface area contributed by atoms with Crippen molar-refractivity contribution in [3.63, 3.8) is 0 Å². The molecule has 0 spiro atoms. The highest BCUT2D eigenvalue weighted by Crippen LogP contribution is 2.22. The number of likely N-dealkylation sites (tertiary alicyclic amines) is 2. The van der Waals surface area contributed by atoms with E-state index in [-0.39, 0.29) is 11.7 Å². The third-order valence-electron chi connectivity index (χ3n) is 5.07. The van der Waals surface area contributed by atoms with E-state index in [0.29, 0.717) is 5.91 Å². The Morgan fingerprint density at radius 2 is 1.87 bits per heavy atom. The van der Waals surface area contributed by atoms with E-state index >= 15 is 0 Å². The van der Waals surface area contributed by atoms with Crippen LogP contribution >= 0.6 is 0 Å². The van der Waals surface area contributed by atoms with E-state index in [0.717, 1.165) is 64.0 Å². The standard InChI is InChI=1S/C19H27FN2O/c20-18-9-5-7-16(13-18)14-21-10-6-8-17(15-21)19(23)22-11-3-1-2-4-12-22/h5,7,9,13,17H,1-4,6,8,10-12,14-15H2/t17-/m0/s1. The molecule has 0 bridgehead atoms. The van der Waals surface area contributed by atoms with Crippen LogP contribution in [0.15, 0.2) is 24.3 Å². The molecule has 4 heteroatoms. The molecule has 0 saturated carbocycles. The summed E-state index contributed by atoms with van der Waals surface area (Å²) in [4.78, 5) is 17.2. The Kier molecular flexibility index (Phi) is 5.65. The van der Waals surface area contributed by atoms with Gasteiger partial charge in [-0.25, -0.2) is 4.39 Å². The average molecular weight is 318 g/mol. The maximum atomic E-state index is 13.3. The van der Waals surface area contributed by atoms with Crippen molar-refractivity contribution in [3.8, 4) is 0 Å². The number of rotatable bonds is 3. The van der Waals surface area contributed by atoms with Crippen molar-refractivity contribution in [3.05, 3.63) is 35.6 Å². The molecule has 0 aliphatic carbocycles. The molecule has 3 nitrogen and oxygen atoms in total. The number of nitrogens with zero attached hydrogens (tertiary/aromatic N) is 2. The summed E-state index contributed by atoms with van der Waals surface area (Å²) >= 11 is 0. The molecule has 0 aromatic heterocycles. The van der Waals surface area contributed by atoms with Crippen molar-refractivity contribution in [2.45, 2.75) is 45.1 Å². The molecule has 23 heavy (non-hydrogen) atoms. The fourth-order valence-corrected chi connectivity index (χ4v) is 3.84. The van der Waals surface area contributed by atoms with Crippen LogP contribution < -0.4 is 0 Å². The molecule has 2 heterocycles. The molecular weight excluding hydrogens is 291 g/mol. The molecule has 0 unspecified atom stereocenters. The maximum absolute atomic E-state index is 13.3. The summed E-state index contributed by atoms with van der Waals surface area (Å²) < 4.78 is 13.3. The van der Waals surface area contributed by atoms with Gasteiger partial charge < -0.3 is 4.90 Å². The van der Waals surface area contributed by atoms with Crippen LogP contribution in [0.2, 0.25) is 0 Å². The summed E-state index contributed by atoms with van der Waals surface area (Å²) in [5.74, 6) is 0.281. The van der Waals surface area contributed by atoms with Crippen LogP contribution in [0.4, 0.5) is 4.39 Å². The van der Waals surface area contributed by atoms with Crippen LogP contribution in [0.25, 0.3) is 0 Å². The SMILES string of the molecule is O=C([C@H]1CCCN(Cc2cccc(F)c2)C1)N1CCCCCC1. The summed E-state index contributed by atoms with van der Waals surface area (Å²) in [5, 5.41) is 0. The molecule has 1 amide bonds. The molecule has 2 aliphatic heterocycles. The van der Waals surface area contributed by atoms with E-state index in [1.807, 2.05) is 6.07 Å². The second-order valence-corrected chi connectivity index (χ2v) is 6.94. The Hall–Kier alpha value is -1.42. The predicted octanol–water partition coefficient (Wildman–Crippen LogP) is 3.44. The third kappa shape index (κ3) is 4.54. The second kappa shape index (κ2) is 7.91. The normalized spacial score (nSPS) is 23.5. The summed E-state index contributed by atoms with van der Waals surface area (Å²) in [6.07, 6.45) is 6.84. The first-order valence-electron chi connectivity index (χ1n) is 8.98. The van der Waals surface area contributed by atoms with E-state index in [1.165, 1.54) is 18.9 Å². The second-order valence-electron chi connectivity index (χ2n) is 6.94. The Balaban J connectivity index is 1.57. The first-order chi connectivity index (χ1) is 11.2. The highest BCUT2D eigenvalue weighted by molar-refractivity contribution is 5.79. The van der Waals surface area contributed by atoms with Gasteiger partial charge in [-0.3, -0.25) is 9.69 Å². The smallest absolute Gasteiger partial charge is 0.226 e. The molecule has 1 atom stereocenters. The monoisotopic (exact) mass is 318 g/mol. The van der Waals surface area contributed by atoms with Gasteiger partial charge in [-0.05, 0) is 49.9 Å². The number of hydrogen-bond donors (Lipinski definition) is 0. The Morgan fingerprint density at radius 3 is 2.61 bits per heavy atom. The first-order valence-corrected chi connectivity index (χ1v) is 8.98. The average Bonchev–Trinajstić information content (AvgIpc) is 2.84. The summed E-state index contributed by atoms with van der Waals surface area (Å²) in [7, 11) is 0. The predicted molar refractivity (Wildman–Crippen MR) is 89.4 cm³/mol. The van der Waals surface area contributed by atoms with Crippen LogP contribution in [0, 0.1) is 11.7 Å². The molecule has 0 radical (unpaired) electrons. The fourth-order valence-electron chi connectivity index (χ4n) is 3.84. The number of amides is 1. The Bertz CT molecular complexity index is 526. The van der Waals surface area contributed by atoms with Crippen LogP contribution in [0.5, 0.6) is 0 Å². The van der Waals surface area contributed by atoms with Crippen LogP contribution in [-0.2, 0) is 11.3 Å². The number of halogens is 1. The lowest BCUT2D eigenvalue weighted by atomic mass is 9.96. The molecule has 126 valence electrons. The van der Waals surface area contributed by atoms with Gasteiger partial charge in [0.15, 0.2) is 0 Å². The number of carbonyl (C=O) groups excluding carboxylic acids is 1. The number of carbonyl (C=O) groups is 1. The van der Waals surface area contributed by atoms with Crippen LogP contribution in [0.1, 0.15) is 44.1 Å². The van der Waals surface area contributed by atoms with Crippen molar-refractivity contribution in [2.24, 2.45) is 5.92 Å². The lowest BCUT2D eigenvalue weighted by molar-refractivity contribution is -0.137. The topological polar surface area (TPSA) is 23.6 Å². The molecule has 1 aromatic carbocycles. The zero-order valence-corrected chi connectivity index (χ0v) is 13.8. The zero-order chi connectivity index (χ0) is 16.1. The number of benzene rings is 1. The van der Waals surface area contributed by atoms with Gasteiger partial charge in [-0.15, -0.1) is 0 Å². The van der Waals surface area contributed by atoms with E-state index in [1.54, 1.807) is 12.1 Å². The van der Waals surface area contributed by atoms with Crippen molar-refractivity contribution in [1.82, 2.24) is 9.80 Å². The van der Waals surface area contributed by atoms with Crippen LogP contribution in [0.3, 0.4) is 0 Å². The molecule has 1 aromatic rings. The van der Waals surface area contributed by atoms with Gasteiger partial charge in [-0.2, -0.15) is 0 Å². The minimum absolute atomic E-state index is 0.121. The van der Waals surface area contributed by atoms with Gasteiger partial charge in [0.2, 0.25) is 5.91 Å². The lowest BCUT2D eigenvalue weighted by Crippen LogP contribution is -2.44. The minimum Gasteiger partial charge on any atom is -0.342 e. The number of piperidine rings is 1. The highest BCUT2D eigenvalue weighted by Gasteiger charge is 2.29. The summed E-state index contributed by atoms with van der Waals surface area (Å²) in [5.41, 5.74) is 0.993. The van der Waals surface area contributed by atoms with Crippen molar-refractivity contribution >= 4 is 5.91 Å². The quantitative estimate of drug-likeness (QED) is 0.852. The van der Waals surface area contributed by atoms with Crippen LogP contribution in [-0.4, -0.2) is 41.9 Å². The zero-order valence-electron chi connectivity index (χ0n) is 13.8. The molecule has 3 rings (SSSR count). The fraction of sp³-hybridized carbons (Fsp3) is 0.632. The molecule has 2 fully saturated rings. The summed E-state index contributed by atoms with van der Waals surface area (Å²) in [6, 6.07) is 6.80. The van der Waals surface area contributed by atoms with Crippen molar-refractivity contribution in [2.75, 3.05) is 26.2 Å². The molecular formula is C19H27FN2O. The Labute approximate surface area is 138 Å². The Morgan fingerprint density at radius 1 is 1.09 bits per heavy atom. The number of hydrogen-bond acceptors (Lipinski definition) is 2. The minimum atomic E-state index is -0.184. The van der Waals surface area contributed by atoms with E-state index in [2.05, 4.69) is 9.80 Å². The van der Waals surface area contributed by atoms with Gasteiger partial charge >= 0.3 is 0 Å². The molecule has 2 aliphatic rings. The molecule has 0 N–H and O–H groups in total. The maximum Gasteiger partial charge on any atom is 0.226 e. The summed E-state index contributed by atoms with van der Waals surface area (Å²) in [6.45, 7) is 4.41. The first kappa shape index (κ1) is 16.4. The highest BCUT2D eigenvalue weighted by atomic mass is 19.1.